The van der Waals surface area contributed by atoms with Gasteiger partial charge in [0.2, 0.25) is 10.0 Å². The molecule has 0 bridgehead atoms. The average Bonchev–Trinajstić information content (AvgIpc) is 3.10. The number of aryl methyl sites for hydroxylation is 2. The molecule has 0 radical (unpaired) electrons. The highest BCUT2D eigenvalue weighted by Crippen LogP contribution is 2.39. The Morgan fingerprint density at radius 1 is 1.13 bits per heavy atom. The Bertz CT molecular complexity index is 1440. The van der Waals surface area contributed by atoms with Gasteiger partial charge in [0.25, 0.3) is 0 Å². The fourth-order valence-electron chi connectivity index (χ4n) is 5.29. The minimum absolute atomic E-state index is 0.217. The molecule has 9 heteroatoms. The van der Waals surface area contributed by atoms with Crippen molar-refractivity contribution < 1.29 is 13.2 Å². The number of nitrogens with zero attached hydrogens (tertiary/aromatic N) is 4. The zero-order valence-corrected chi connectivity index (χ0v) is 23.6. The topological polar surface area (TPSA) is 97.3 Å². The second kappa shape index (κ2) is 10.6. The molecule has 0 fully saturated rings. The van der Waals surface area contributed by atoms with E-state index in [0.717, 1.165) is 72.6 Å². The molecule has 0 spiro atoms. The van der Waals surface area contributed by atoms with Gasteiger partial charge in [-0.15, -0.1) is 0 Å². The summed E-state index contributed by atoms with van der Waals surface area (Å²) in [4.78, 5) is 16.3. The van der Waals surface area contributed by atoms with Crippen molar-refractivity contribution in [1.82, 2.24) is 19.7 Å². The van der Waals surface area contributed by atoms with Crippen LogP contribution in [0.3, 0.4) is 0 Å². The number of rotatable bonds is 7. The van der Waals surface area contributed by atoms with Crippen molar-refractivity contribution in [3.63, 3.8) is 0 Å². The summed E-state index contributed by atoms with van der Waals surface area (Å²) in [5.41, 5.74) is 5.80. The monoisotopic (exact) mass is 535 g/mol. The molecule has 3 heterocycles. The van der Waals surface area contributed by atoms with Gasteiger partial charge in [-0.3, -0.25) is 4.98 Å². The molecule has 2 aliphatic rings. The van der Waals surface area contributed by atoms with E-state index < -0.39 is 10.0 Å². The molecule has 1 aliphatic carbocycles. The van der Waals surface area contributed by atoms with Gasteiger partial charge in [0.1, 0.15) is 29.4 Å². The van der Waals surface area contributed by atoms with E-state index in [0.29, 0.717) is 25.4 Å². The Morgan fingerprint density at radius 2 is 1.97 bits per heavy atom. The number of sulfonamides is 1. The highest BCUT2D eigenvalue weighted by Gasteiger charge is 2.30. The van der Waals surface area contributed by atoms with Crippen LogP contribution in [-0.2, 0) is 29.4 Å². The lowest BCUT2D eigenvalue weighted by Crippen LogP contribution is -2.31. The Morgan fingerprint density at radius 3 is 2.79 bits per heavy atom. The fourth-order valence-corrected chi connectivity index (χ4v) is 6.58. The molecule has 0 unspecified atom stereocenters. The quantitative estimate of drug-likeness (QED) is 0.433. The molecule has 0 atom stereocenters. The van der Waals surface area contributed by atoms with Crippen LogP contribution in [0.4, 0.5) is 5.82 Å². The molecule has 8 nitrogen and oxygen atoms in total. The van der Waals surface area contributed by atoms with Crippen molar-refractivity contribution in [2.75, 3.05) is 24.6 Å². The van der Waals surface area contributed by atoms with Gasteiger partial charge in [-0.25, -0.2) is 23.1 Å². The highest BCUT2D eigenvalue weighted by molar-refractivity contribution is 7.89. The van der Waals surface area contributed by atoms with E-state index in [1.807, 2.05) is 19.1 Å². The number of nitrogens with one attached hydrogen (secondary N) is 1. The smallest absolute Gasteiger partial charge is 0.242 e. The lowest BCUT2D eigenvalue weighted by molar-refractivity contribution is 0.310. The molecule has 202 valence electrons. The standard InChI is InChI=1S/C29H37N5O3S/c1-5-6-11-33-38(35,36)27-15-22(17-30-20(27)2)21-7-8-26-23(14-21)18-34(12-13-37-26)28-24-16-29(3,4)10-9-25(24)31-19-32-28/h7-8,14-15,17,19,33H,5-6,9-13,16,18H2,1-4H3. The minimum atomic E-state index is -3.64. The number of fused-ring (bicyclic) bond motifs is 2. The van der Waals surface area contributed by atoms with E-state index in [4.69, 9.17) is 9.72 Å². The molecule has 1 aromatic carbocycles. The predicted octanol–water partition coefficient (Wildman–Crippen LogP) is 4.84. The van der Waals surface area contributed by atoms with Crippen molar-refractivity contribution in [1.29, 1.82) is 0 Å². The van der Waals surface area contributed by atoms with Crippen LogP contribution in [0, 0.1) is 12.3 Å². The fraction of sp³-hybridized carbons (Fsp3) is 0.483. The van der Waals surface area contributed by atoms with Gasteiger partial charge in [0.15, 0.2) is 0 Å². The summed E-state index contributed by atoms with van der Waals surface area (Å²) in [7, 11) is -3.64. The number of aromatic nitrogens is 3. The summed E-state index contributed by atoms with van der Waals surface area (Å²) in [6.45, 7) is 10.7. The largest absolute Gasteiger partial charge is 0.491 e. The summed E-state index contributed by atoms with van der Waals surface area (Å²) in [6.07, 6.45) is 8.19. The Balaban J connectivity index is 1.46. The van der Waals surface area contributed by atoms with Gasteiger partial charge in [0, 0.05) is 41.7 Å². The van der Waals surface area contributed by atoms with Gasteiger partial charge >= 0.3 is 0 Å². The van der Waals surface area contributed by atoms with E-state index in [-0.39, 0.29) is 10.3 Å². The molecule has 2 aromatic heterocycles. The second-order valence-corrected chi connectivity index (χ2v) is 12.9. The first kappa shape index (κ1) is 26.6. The first-order valence-electron chi connectivity index (χ1n) is 13.5. The minimum Gasteiger partial charge on any atom is -0.491 e. The predicted molar refractivity (Wildman–Crippen MR) is 149 cm³/mol. The molecule has 3 aromatic rings. The second-order valence-electron chi connectivity index (χ2n) is 11.1. The van der Waals surface area contributed by atoms with Crippen molar-refractivity contribution in [3.8, 4) is 16.9 Å². The van der Waals surface area contributed by atoms with Crippen LogP contribution < -0.4 is 14.4 Å². The van der Waals surface area contributed by atoms with E-state index in [1.165, 1.54) is 5.56 Å². The maximum Gasteiger partial charge on any atom is 0.242 e. The molecular weight excluding hydrogens is 498 g/mol. The van der Waals surface area contributed by atoms with E-state index >= 15 is 0 Å². The van der Waals surface area contributed by atoms with Crippen molar-refractivity contribution >= 4 is 15.8 Å². The normalized spacial score (nSPS) is 16.8. The number of benzene rings is 1. The number of hydrogen-bond donors (Lipinski definition) is 1. The van der Waals surface area contributed by atoms with Crippen molar-refractivity contribution in [2.24, 2.45) is 5.41 Å². The zero-order valence-electron chi connectivity index (χ0n) is 22.7. The lowest BCUT2D eigenvalue weighted by atomic mass is 9.76. The molecule has 0 amide bonds. The zero-order chi connectivity index (χ0) is 26.9. The Hall–Kier alpha value is -3.04. The first-order chi connectivity index (χ1) is 18.2. The molecular formula is C29H37N5O3S. The SMILES string of the molecule is CCCCNS(=O)(=O)c1cc(-c2ccc3c(c2)CN(c2ncnc4c2CC(C)(C)CC4)CCO3)cnc1C. The van der Waals surface area contributed by atoms with Crippen molar-refractivity contribution in [3.05, 3.63) is 59.3 Å². The van der Waals surface area contributed by atoms with Crippen LogP contribution in [0.25, 0.3) is 11.1 Å². The number of pyridine rings is 1. The lowest BCUT2D eigenvalue weighted by Gasteiger charge is -2.33. The molecule has 0 saturated heterocycles. The molecule has 1 aliphatic heterocycles. The summed E-state index contributed by atoms with van der Waals surface area (Å²) in [5, 5.41) is 0. The number of hydrogen-bond acceptors (Lipinski definition) is 7. The summed E-state index contributed by atoms with van der Waals surface area (Å²) in [6, 6.07) is 7.74. The molecule has 0 saturated carbocycles. The van der Waals surface area contributed by atoms with Crippen LogP contribution in [-0.4, -0.2) is 43.1 Å². The average molecular weight is 536 g/mol. The molecule has 1 N–H and O–H groups in total. The third-order valence-corrected chi connectivity index (χ3v) is 9.11. The third-order valence-electron chi connectivity index (χ3n) is 7.53. The van der Waals surface area contributed by atoms with Crippen LogP contribution in [0.2, 0.25) is 0 Å². The number of unbranched alkanes of at least 4 members (excludes halogenated alkanes) is 1. The van der Waals surface area contributed by atoms with Gasteiger partial charge in [-0.05, 0) is 61.8 Å². The van der Waals surface area contributed by atoms with E-state index in [9.17, 15) is 8.42 Å². The molecule has 38 heavy (non-hydrogen) atoms. The van der Waals surface area contributed by atoms with Crippen LogP contribution in [0.15, 0.2) is 41.7 Å². The van der Waals surface area contributed by atoms with E-state index in [2.05, 4.69) is 39.5 Å². The summed E-state index contributed by atoms with van der Waals surface area (Å²) in [5.74, 6) is 1.84. The number of ether oxygens (including phenoxy) is 1. The highest BCUT2D eigenvalue weighted by atomic mass is 32.2. The summed E-state index contributed by atoms with van der Waals surface area (Å²) >= 11 is 0. The van der Waals surface area contributed by atoms with Gasteiger partial charge in [0.05, 0.1) is 12.2 Å². The van der Waals surface area contributed by atoms with Crippen LogP contribution in [0.5, 0.6) is 5.75 Å². The summed E-state index contributed by atoms with van der Waals surface area (Å²) < 4.78 is 34.7. The molecule has 5 rings (SSSR count). The Kier molecular flexibility index (Phi) is 7.42. The first-order valence-corrected chi connectivity index (χ1v) is 15.0. The third kappa shape index (κ3) is 5.54. The van der Waals surface area contributed by atoms with Gasteiger partial charge in [-0.2, -0.15) is 0 Å². The van der Waals surface area contributed by atoms with Gasteiger partial charge < -0.3 is 9.64 Å². The van der Waals surface area contributed by atoms with Crippen LogP contribution in [0.1, 0.15) is 62.5 Å². The van der Waals surface area contributed by atoms with Crippen molar-refractivity contribution in [2.45, 2.75) is 71.2 Å². The maximum absolute atomic E-state index is 13.0. The maximum atomic E-state index is 13.0. The van der Waals surface area contributed by atoms with Gasteiger partial charge in [-0.1, -0.05) is 33.3 Å². The Labute approximate surface area is 225 Å². The van der Waals surface area contributed by atoms with E-state index in [1.54, 1.807) is 25.5 Å². The van der Waals surface area contributed by atoms with Crippen LogP contribution >= 0.6 is 0 Å². The number of anilines is 1.